The van der Waals surface area contributed by atoms with Gasteiger partial charge in [-0.1, -0.05) is 0 Å². The van der Waals surface area contributed by atoms with Crippen molar-refractivity contribution in [3.63, 3.8) is 0 Å². The lowest BCUT2D eigenvalue weighted by Gasteiger charge is -2.38. The van der Waals surface area contributed by atoms with E-state index in [1.54, 1.807) is 10.7 Å². The Bertz CT molecular complexity index is 1250. The number of aryl methyl sites for hydroxylation is 2. The third-order valence-corrected chi connectivity index (χ3v) is 6.92. The van der Waals surface area contributed by atoms with Crippen molar-refractivity contribution >= 4 is 11.7 Å². The van der Waals surface area contributed by atoms with Gasteiger partial charge in [0.2, 0.25) is 0 Å². The fourth-order valence-corrected chi connectivity index (χ4v) is 5.18. The van der Waals surface area contributed by atoms with Crippen LogP contribution in [-0.4, -0.2) is 48.4 Å². The molecule has 8 nitrogen and oxygen atoms in total. The Kier molecular flexibility index (Phi) is 4.67. The molecule has 170 valence electrons. The van der Waals surface area contributed by atoms with Gasteiger partial charge in [-0.3, -0.25) is 9.48 Å². The molecule has 0 spiro atoms. The molecule has 1 saturated carbocycles. The predicted molar refractivity (Wildman–Crippen MR) is 120 cm³/mol. The Morgan fingerprint density at radius 3 is 2.73 bits per heavy atom. The van der Waals surface area contributed by atoms with Crippen LogP contribution < -0.4 is 4.90 Å². The van der Waals surface area contributed by atoms with Crippen LogP contribution in [0.25, 0.3) is 11.4 Å². The average molecular weight is 448 g/mol. The number of benzene rings is 1. The van der Waals surface area contributed by atoms with Crippen LogP contribution in [0.4, 0.5) is 10.2 Å². The molecule has 4 heterocycles. The summed E-state index contributed by atoms with van der Waals surface area (Å²) in [6, 6.07) is 4.59. The van der Waals surface area contributed by atoms with E-state index < -0.39 is 0 Å². The van der Waals surface area contributed by atoms with Crippen molar-refractivity contribution in [2.24, 2.45) is 7.05 Å². The third-order valence-electron chi connectivity index (χ3n) is 6.92. The fourth-order valence-electron chi connectivity index (χ4n) is 5.18. The maximum Gasteiger partial charge on any atom is 0.254 e. The van der Waals surface area contributed by atoms with E-state index in [0.717, 1.165) is 67.0 Å². The smallest absolute Gasteiger partial charge is 0.254 e. The summed E-state index contributed by atoms with van der Waals surface area (Å²) in [6.45, 7) is 3.02. The Hall–Kier alpha value is -3.36. The molecule has 1 amide bonds. The number of halogens is 1. The molecule has 1 atom stereocenters. The van der Waals surface area contributed by atoms with Crippen molar-refractivity contribution in [1.29, 1.82) is 0 Å². The quantitative estimate of drug-likeness (QED) is 0.567. The molecule has 0 N–H and O–H groups in total. The van der Waals surface area contributed by atoms with Crippen molar-refractivity contribution in [3.05, 3.63) is 52.7 Å². The van der Waals surface area contributed by atoms with Crippen molar-refractivity contribution in [3.8, 4) is 11.4 Å². The Balaban J connectivity index is 1.61. The molecule has 2 fully saturated rings. The molecule has 1 aliphatic carbocycles. The number of aromatic nitrogens is 5. The molecular formula is C24H26FN7O. The summed E-state index contributed by atoms with van der Waals surface area (Å²) in [5.41, 5.74) is 3.55. The lowest BCUT2D eigenvalue weighted by molar-refractivity contribution is 0.0725. The minimum absolute atomic E-state index is 0.0605. The summed E-state index contributed by atoms with van der Waals surface area (Å²) in [5.74, 6) is 0.852. The zero-order valence-electron chi connectivity index (χ0n) is 18.8. The second-order valence-electron chi connectivity index (χ2n) is 9.31. The maximum atomic E-state index is 14.5. The molecule has 2 aromatic heterocycles. The minimum atomic E-state index is -0.331. The summed E-state index contributed by atoms with van der Waals surface area (Å²) >= 11 is 0. The van der Waals surface area contributed by atoms with Gasteiger partial charge in [-0.15, -0.1) is 10.2 Å². The van der Waals surface area contributed by atoms with Crippen LogP contribution in [-0.2, 0) is 13.6 Å². The molecule has 3 aromatic rings. The molecule has 33 heavy (non-hydrogen) atoms. The van der Waals surface area contributed by atoms with Crippen LogP contribution in [0.5, 0.6) is 0 Å². The molecule has 0 unspecified atom stereocenters. The van der Waals surface area contributed by atoms with Crippen LogP contribution in [0.2, 0.25) is 0 Å². The van der Waals surface area contributed by atoms with E-state index in [9.17, 15) is 9.18 Å². The molecule has 1 aromatic carbocycles. The van der Waals surface area contributed by atoms with Crippen LogP contribution in [0.3, 0.4) is 0 Å². The van der Waals surface area contributed by atoms with Gasteiger partial charge in [-0.05, 0) is 62.8 Å². The zero-order valence-corrected chi connectivity index (χ0v) is 18.8. The Morgan fingerprint density at radius 1 is 1.06 bits per heavy atom. The number of nitrogens with zero attached hydrogens (tertiary/aromatic N) is 7. The molecule has 6 rings (SSSR count). The highest BCUT2D eigenvalue weighted by Crippen LogP contribution is 2.40. The summed E-state index contributed by atoms with van der Waals surface area (Å²) in [4.78, 5) is 22.9. The highest BCUT2D eigenvalue weighted by molar-refractivity contribution is 5.96. The number of rotatable bonds is 1. The number of anilines is 1. The number of fused-ring (bicyclic) bond motifs is 8. The molecule has 9 heteroatoms. The maximum absolute atomic E-state index is 14.5. The van der Waals surface area contributed by atoms with Crippen molar-refractivity contribution in [1.82, 2.24) is 29.9 Å². The van der Waals surface area contributed by atoms with Crippen molar-refractivity contribution in [2.45, 2.75) is 57.7 Å². The predicted octanol–water partition coefficient (Wildman–Crippen LogP) is 3.57. The lowest BCUT2D eigenvalue weighted by Crippen LogP contribution is -2.38. The zero-order chi connectivity index (χ0) is 22.7. The first-order chi connectivity index (χ1) is 16.0. The third kappa shape index (κ3) is 3.46. The van der Waals surface area contributed by atoms with Crippen LogP contribution in [0.1, 0.15) is 65.5 Å². The van der Waals surface area contributed by atoms with E-state index in [-0.39, 0.29) is 23.8 Å². The normalized spacial score (nSPS) is 20.5. The summed E-state index contributed by atoms with van der Waals surface area (Å²) in [7, 11) is 1.86. The van der Waals surface area contributed by atoms with E-state index in [0.29, 0.717) is 17.9 Å². The number of carbonyl (C=O) groups excluding carboxylic acids is 1. The molecule has 1 saturated heterocycles. The van der Waals surface area contributed by atoms with Gasteiger partial charge >= 0.3 is 0 Å². The number of carbonyl (C=O) groups is 1. The number of hydrogen-bond donors (Lipinski definition) is 0. The second kappa shape index (κ2) is 7.60. The first-order valence-electron chi connectivity index (χ1n) is 11.6. The van der Waals surface area contributed by atoms with Gasteiger partial charge in [0.15, 0.2) is 11.6 Å². The average Bonchev–Trinajstić information content (AvgIpc) is 3.59. The van der Waals surface area contributed by atoms with Gasteiger partial charge in [-0.2, -0.15) is 5.10 Å². The van der Waals surface area contributed by atoms with Crippen molar-refractivity contribution < 1.29 is 9.18 Å². The van der Waals surface area contributed by atoms with Gasteiger partial charge in [0.05, 0.1) is 23.8 Å². The fraction of sp³-hybridized carbons (Fsp3) is 0.458. The molecule has 3 aliphatic rings. The SMILES string of the molecule is Cc1nnc2nc1N1CCCC[C@@H]1c1cc(F)ccc1C(=O)N(C1CC1)Cc1nn(C)cc1-2. The van der Waals surface area contributed by atoms with Crippen LogP contribution in [0.15, 0.2) is 24.4 Å². The monoisotopic (exact) mass is 447 g/mol. The van der Waals surface area contributed by atoms with E-state index in [2.05, 4.69) is 20.2 Å². The highest BCUT2D eigenvalue weighted by Gasteiger charge is 2.38. The summed E-state index contributed by atoms with van der Waals surface area (Å²) < 4.78 is 16.2. The van der Waals surface area contributed by atoms with Crippen LogP contribution >= 0.6 is 0 Å². The Labute approximate surface area is 191 Å². The van der Waals surface area contributed by atoms with Gasteiger partial charge < -0.3 is 9.80 Å². The highest BCUT2D eigenvalue weighted by atomic mass is 19.1. The standard InChI is InChI=1S/C24H26FN7O/c1-14-23-26-22(28-27-14)19-12-30(2)29-20(19)13-32(16-7-8-16)24(33)17-9-6-15(25)11-18(17)21-5-3-4-10-31(21)23/h6,9,11-12,16,21H,3-5,7-8,10,13H2,1-2H3/t21-/m1/s1. The largest absolute Gasteiger partial charge is 0.348 e. The minimum Gasteiger partial charge on any atom is -0.348 e. The first-order valence-corrected chi connectivity index (χ1v) is 11.6. The van der Waals surface area contributed by atoms with Gasteiger partial charge in [-0.25, -0.2) is 9.37 Å². The van der Waals surface area contributed by atoms with E-state index in [4.69, 9.17) is 4.98 Å². The second-order valence-corrected chi connectivity index (χ2v) is 9.31. The van der Waals surface area contributed by atoms with Gasteiger partial charge in [0, 0.05) is 31.4 Å². The number of amides is 1. The summed E-state index contributed by atoms with van der Waals surface area (Å²) in [5, 5.41) is 13.5. The molecule has 0 radical (unpaired) electrons. The molecular weight excluding hydrogens is 421 g/mol. The molecule has 2 bridgehead atoms. The summed E-state index contributed by atoms with van der Waals surface area (Å²) in [6.07, 6.45) is 6.66. The lowest BCUT2D eigenvalue weighted by atomic mass is 9.90. The van der Waals surface area contributed by atoms with Crippen molar-refractivity contribution in [2.75, 3.05) is 11.4 Å². The topological polar surface area (TPSA) is 80.0 Å². The van der Waals surface area contributed by atoms with Crippen LogP contribution in [0, 0.1) is 12.7 Å². The van der Waals surface area contributed by atoms with Gasteiger partial charge in [0.1, 0.15) is 11.5 Å². The van der Waals surface area contributed by atoms with E-state index in [1.165, 1.54) is 12.1 Å². The van der Waals surface area contributed by atoms with E-state index >= 15 is 0 Å². The number of hydrogen-bond acceptors (Lipinski definition) is 6. The number of piperidine rings is 1. The first kappa shape index (κ1) is 20.3. The van der Waals surface area contributed by atoms with E-state index in [1.807, 2.05) is 25.1 Å². The Morgan fingerprint density at radius 2 is 1.91 bits per heavy atom. The van der Waals surface area contributed by atoms with Gasteiger partial charge in [0.25, 0.3) is 5.91 Å². The molecule has 2 aliphatic heterocycles.